The van der Waals surface area contributed by atoms with Crippen LogP contribution in [0.1, 0.15) is 28.4 Å². The number of carbonyl (C=O) groups is 1. The first-order valence-electron chi connectivity index (χ1n) is 6.72. The molecule has 104 valence electrons. The van der Waals surface area contributed by atoms with Crippen molar-refractivity contribution in [2.45, 2.75) is 25.7 Å². The lowest BCUT2D eigenvalue weighted by Crippen LogP contribution is -2.12. The molecule has 0 saturated heterocycles. The van der Waals surface area contributed by atoms with Crippen LogP contribution in [-0.2, 0) is 0 Å². The van der Waals surface area contributed by atoms with Gasteiger partial charge in [0.2, 0.25) is 0 Å². The number of aryl methyl sites for hydroxylation is 2. The molecule has 2 rings (SSSR count). The summed E-state index contributed by atoms with van der Waals surface area (Å²) >= 11 is 1.73. The highest BCUT2D eigenvalue weighted by Crippen LogP contribution is 2.27. The Labute approximate surface area is 124 Å². The molecule has 0 radical (unpaired) electrons. The lowest BCUT2D eigenvalue weighted by Gasteiger charge is -2.11. The summed E-state index contributed by atoms with van der Waals surface area (Å²) in [6, 6.07) is 13.7. The first-order chi connectivity index (χ1) is 9.61. The van der Waals surface area contributed by atoms with E-state index in [4.69, 9.17) is 0 Å². The fourth-order valence-electron chi connectivity index (χ4n) is 1.93. The molecule has 0 spiro atoms. The van der Waals surface area contributed by atoms with Gasteiger partial charge < -0.3 is 5.32 Å². The van der Waals surface area contributed by atoms with Crippen LogP contribution in [0.4, 0.5) is 5.69 Å². The second kappa shape index (κ2) is 6.62. The minimum absolute atomic E-state index is 0.0581. The van der Waals surface area contributed by atoms with Crippen LogP contribution in [0.25, 0.3) is 0 Å². The molecule has 0 aromatic heterocycles. The van der Waals surface area contributed by atoms with Gasteiger partial charge >= 0.3 is 0 Å². The van der Waals surface area contributed by atoms with Crippen LogP contribution in [0, 0.1) is 13.8 Å². The first-order valence-corrected chi connectivity index (χ1v) is 7.71. The van der Waals surface area contributed by atoms with Crippen LogP contribution in [0.15, 0.2) is 47.4 Å². The molecule has 1 amide bonds. The van der Waals surface area contributed by atoms with Crippen molar-refractivity contribution in [1.29, 1.82) is 0 Å². The van der Waals surface area contributed by atoms with Gasteiger partial charge in [0.05, 0.1) is 5.69 Å². The van der Waals surface area contributed by atoms with E-state index in [1.807, 2.05) is 56.3 Å². The summed E-state index contributed by atoms with van der Waals surface area (Å²) in [5.74, 6) is 0.925. The maximum Gasteiger partial charge on any atom is 0.255 e. The SMILES string of the molecule is CCSc1ccccc1NC(=O)c1ccc(C)c(C)c1. The maximum atomic E-state index is 12.3. The molecule has 0 fully saturated rings. The minimum atomic E-state index is -0.0581. The predicted molar refractivity (Wildman–Crippen MR) is 86.7 cm³/mol. The van der Waals surface area contributed by atoms with E-state index >= 15 is 0 Å². The van der Waals surface area contributed by atoms with E-state index in [1.54, 1.807) is 11.8 Å². The highest BCUT2D eigenvalue weighted by molar-refractivity contribution is 7.99. The van der Waals surface area contributed by atoms with E-state index in [2.05, 4.69) is 12.2 Å². The van der Waals surface area contributed by atoms with Crippen LogP contribution in [0.5, 0.6) is 0 Å². The van der Waals surface area contributed by atoms with Gasteiger partial charge in [0, 0.05) is 10.5 Å². The molecule has 0 aliphatic heterocycles. The van der Waals surface area contributed by atoms with Gasteiger partial charge in [-0.2, -0.15) is 0 Å². The molecule has 0 heterocycles. The zero-order chi connectivity index (χ0) is 14.5. The zero-order valence-corrected chi connectivity index (χ0v) is 12.9. The van der Waals surface area contributed by atoms with Crippen LogP contribution in [-0.4, -0.2) is 11.7 Å². The number of thioether (sulfide) groups is 1. The van der Waals surface area contributed by atoms with Crippen molar-refractivity contribution >= 4 is 23.4 Å². The van der Waals surface area contributed by atoms with Crippen molar-refractivity contribution in [2.24, 2.45) is 0 Å². The van der Waals surface area contributed by atoms with E-state index in [0.717, 1.165) is 21.9 Å². The summed E-state index contributed by atoms with van der Waals surface area (Å²) in [5.41, 5.74) is 3.91. The topological polar surface area (TPSA) is 29.1 Å². The van der Waals surface area contributed by atoms with E-state index in [-0.39, 0.29) is 5.91 Å². The van der Waals surface area contributed by atoms with Gasteiger partial charge in [-0.15, -0.1) is 11.8 Å². The van der Waals surface area contributed by atoms with Crippen LogP contribution in [0.3, 0.4) is 0 Å². The van der Waals surface area contributed by atoms with Crippen molar-refractivity contribution in [3.63, 3.8) is 0 Å². The second-order valence-corrected chi connectivity index (χ2v) is 5.99. The first kappa shape index (κ1) is 14.7. The monoisotopic (exact) mass is 285 g/mol. The predicted octanol–water partition coefficient (Wildman–Crippen LogP) is 4.67. The summed E-state index contributed by atoms with van der Waals surface area (Å²) in [6.07, 6.45) is 0. The number of para-hydroxylation sites is 1. The summed E-state index contributed by atoms with van der Waals surface area (Å²) in [4.78, 5) is 13.4. The fraction of sp³-hybridized carbons (Fsp3) is 0.235. The molecule has 0 atom stereocenters. The van der Waals surface area contributed by atoms with Gasteiger partial charge in [0.15, 0.2) is 0 Å². The normalized spacial score (nSPS) is 10.3. The Morgan fingerprint density at radius 3 is 2.55 bits per heavy atom. The van der Waals surface area contributed by atoms with E-state index in [1.165, 1.54) is 5.56 Å². The standard InChI is InChI=1S/C17H19NOS/c1-4-20-16-8-6-5-7-15(16)18-17(19)14-10-9-12(2)13(3)11-14/h5-11H,4H2,1-3H3,(H,18,19). The largest absolute Gasteiger partial charge is 0.321 e. The summed E-state index contributed by atoms with van der Waals surface area (Å²) in [6.45, 7) is 6.17. The number of hydrogen-bond donors (Lipinski definition) is 1. The summed E-state index contributed by atoms with van der Waals surface area (Å²) < 4.78 is 0. The Balaban J connectivity index is 2.21. The number of amides is 1. The highest BCUT2D eigenvalue weighted by atomic mass is 32.2. The van der Waals surface area contributed by atoms with E-state index in [9.17, 15) is 4.79 Å². The van der Waals surface area contributed by atoms with Crippen LogP contribution >= 0.6 is 11.8 Å². The van der Waals surface area contributed by atoms with E-state index < -0.39 is 0 Å². The highest BCUT2D eigenvalue weighted by Gasteiger charge is 2.09. The van der Waals surface area contributed by atoms with Crippen molar-refractivity contribution in [3.8, 4) is 0 Å². The third-order valence-corrected chi connectivity index (χ3v) is 4.16. The Morgan fingerprint density at radius 1 is 1.10 bits per heavy atom. The van der Waals surface area contributed by atoms with Gasteiger partial charge in [0.25, 0.3) is 5.91 Å². The summed E-state index contributed by atoms with van der Waals surface area (Å²) in [7, 11) is 0. The van der Waals surface area contributed by atoms with Crippen LogP contribution < -0.4 is 5.32 Å². The number of rotatable bonds is 4. The Morgan fingerprint density at radius 2 is 1.85 bits per heavy atom. The van der Waals surface area contributed by atoms with Gasteiger partial charge in [0.1, 0.15) is 0 Å². The van der Waals surface area contributed by atoms with Crippen molar-refractivity contribution < 1.29 is 4.79 Å². The third kappa shape index (κ3) is 3.42. The molecular formula is C17H19NOS. The molecule has 2 aromatic carbocycles. The van der Waals surface area contributed by atoms with Gasteiger partial charge in [-0.1, -0.05) is 25.1 Å². The average molecular weight is 285 g/mol. The number of benzene rings is 2. The number of hydrogen-bond acceptors (Lipinski definition) is 2. The van der Waals surface area contributed by atoms with Gasteiger partial charge in [-0.05, 0) is 55.0 Å². The molecule has 1 N–H and O–H groups in total. The minimum Gasteiger partial charge on any atom is -0.321 e. The average Bonchev–Trinajstić information content (AvgIpc) is 2.44. The Hall–Kier alpha value is -1.74. The zero-order valence-electron chi connectivity index (χ0n) is 12.1. The van der Waals surface area contributed by atoms with Gasteiger partial charge in [-0.25, -0.2) is 0 Å². The molecular weight excluding hydrogens is 266 g/mol. The number of anilines is 1. The fourth-order valence-corrected chi connectivity index (χ4v) is 2.69. The van der Waals surface area contributed by atoms with Crippen molar-refractivity contribution in [2.75, 3.05) is 11.1 Å². The van der Waals surface area contributed by atoms with E-state index in [0.29, 0.717) is 5.56 Å². The Kier molecular flexibility index (Phi) is 4.85. The maximum absolute atomic E-state index is 12.3. The van der Waals surface area contributed by atoms with Crippen molar-refractivity contribution in [3.05, 3.63) is 59.2 Å². The number of nitrogens with one attached hydrogen (secondary N) is 1. The van der Waals surface area contributed by atoms with Crippen LogP contribution in [0.2, 0.25) is 0 Å². The second-order valence-electron chi connectivity index (χ2n) is 4.68. The summed E-state index contributed by atoms with van der Waals surface area (Å²) in [5, 5.41) is 3.00. The smallest absolute Gasteiger partial charge is 0.255 e. The molecule has 0 aliphatic rings. The molecule has 0 saturated carbocycles. The third-order valence-electron chi connectivity index (χ3n) is 3.20. The Bertz CT molecular complexity index is 622. The molecule has 3 heteroatoms. The molecule has 0 bridgehead atoms. The molecule has 20 heavy (non-hydrogen) atoms. The molecule has 2 nitrogen and oxygen atoms in total. The molecule has 0 unspecified atom stereocenters. The lowest BCUT2D eigenvalue weighted by molar-refractivity contribution is 0.102. The number of carbonyl (C=O) groups excluding carboxylic acids is 1. The van der Waals surface area contributed by atoms with Gasteiger partial charge in [-0.3, -0.25) is 4.79 Å². The molecule has 2 aromatic rings. The van der Waals surface area contributed by atoms with Crippen molar-refractivity contribution in [1.82, 2.24) is 0 Å². The quantitative estimate of drug-likeness (QED) is 0.827. The molecule has 0 aliphatic carbocycles. The lowest BCUT2D eigenvalue weighted by atomic mass is 10.1.